The predicted octanol–water partition coefficient (Wildman–Crippen LogP) is -0.850. The summed E-state index contributed by atoms with van der Waals surface area (Å²) in [5.41, 5.74) is 1.03. The van der Waals surface area contributed by atoms with Gasteiger partial charge in [0.25, 0.3) is 10.2 Å². The normalized spacial score (nSPS) is 18.7. The molecule has 1 fully saturated rings. The van der Waals surface area contributed by atoms with Crippen LogP contribution >= 0.6 is 0 Å². The zero-order valence-corrected chi connectivity index (χ0v) is 15.6. The molecule has 1 aliphatic heterocycles. The fourth-order valence-corrected chi connectivity index (χ4v) is 5.54. The van der Waals surface area contributed by atoms with Crippen LogP contribution in [0.2, 0.25) is 0 Å². The van der Waals surface area contributed by atoms with Gasteiger partial charge in [0.2, 0.25) is 10.0 Å². The number of rotatable bonds is 4. The summed E-state index contributed by atoms with van der Waals surface area (Å²) in [6, 6.07) is 0. The van der Waals surface area contributed by atoms with E-state index in [-0.39, 0.29) is 31.1 Å². The summed E-state index contributed by atoms with van der Waals surface area (Å²) in [6.07, 6.45) is 0. The molecule has 2 rings (SSSR count). The third-order valence-electron chi connectivity index (χ3n) is 4.03. The van der Waals surface area contributed by atoms with Crippen molar-refractivity contribution in [3.8, 4) is 0 Å². The number of sulfonamides is 1. The van der Waals surface area contributed by atoms with Crippen LogP contribution in [0.3, 0.4) is 0 Å². The standard InChI is InChI=1S/C12H23N5O4S2/c1-10-12(11(2)15(5)13-10)22(18,19)16-6-8-17(9-7-16)23(20,21)14(3)4/h6-9H2,1-5H3. The molecule has 0 unspecified atom stereocenters. The minimum Gasteiger partial charge on any atom is -0.271 e. The largest absolute Gasteiger partial charge is 0.281 e. The third kappa shape index (κ3) is 3.15. The lowest BCUT2D eigenvalue weighted by Crippen LogP contribution is -2.53. The van der Waals surface area contributed by atoms with Crippen LogP contribution in [0.15, 0.2) is 4.90 Å². The monoisotopic (exact) mass is 365 g/mol. The molecule has 0 N–H and O–H groups in total. The molecular formula is C12H23N5O4S2. The SMILES string of the molecule is Cc1nn(C)c(C)c1S(=O)(=O)N1CCN(S(=O)(=O)N(C)C)CC1. The summed E-state index contributed by atoms with van der Waals surface area (Å²) < 4.78 is 55.1. The van der Waals surface area contributed by atoms with Crippen molar-refractivity contribution < 1.29 is 16.8 Å². The summed E-state index contributed by atoms with van der Waals surface area (Å²) in [5, 5.41) is 4.15. The molecule has 1 aliphatic rings. The van der Waals surface area contributed by atoms with E-state index in [2.05, 4.69) is 5.10 Å². The average molecular weight is 365 g/mol. The van der Waals surface area contributed by atoms with Gasteiger partial charge in [0.1, 0.15) is 4.90 Å². The van der Waals surface area contributed by atoms with E-state index in [0.29, 0.717) is 11.4 Å². The third-order valence-corrected chi connectivity index (χ3v) is 8.12. The fraction of sp³-hybridized carbons (Fsp3) is 0.750. The topological polar surface area (TPSA) is 95.8 Å². The van der Waals surface area contributed by atoms with Crippen molar-refractivity contribution in [2.75, 3.05) is 40.3 Å². The number of hydrogen-bond acceptors (Lipinski definition) is 5. The first-order chi connectivity index (χ1) is 10.5. The minimum atomic E-state index is -3.68. The second-order valence-electron chi connectivity index (χ2n) is 5.72. The fourth-order valence-electron chi connectivity index (χ4n) is 2.63. The van der Waals surface area contributed by atoms with Gasteiger partial charge in [-0.05, 0) is 13.8 Å². The first kappa shape index (κ1) is 18.3. The van der Waals surface area contributed by atoms with Crippen LogP contribution in [0, 0.1) is 13.8 Å². The zero-order chi connectivity index (χ0) is 17.6. The Morgan fingerprint density at radius 2 is 1.43 bits per heavy atom. The van der Waals surface area contributed by atoms with Gasteiger partial charge in [0.15, 0.2) is 0 Å². The van der Waals surface area contributed by atoms with E-state index in [1.165, 1.54) is 27.4 Å². The second-order valence-corrected chi connectivity index (χ2v) is 9.73. The van der Waals surface area contributed by atoms with Gasteiger partial charge in [-0.2, -0.15) is 26.4 Å². The predicted molar refractivity (Wildman–Crippen MR) is 85.6 cm³/mol. The second kappa shape index (κ2) is 6.13. The van der Waals surface area contributed by atoms with Gasteiger partial charge >= 0.3 is 0 Å². The summed E-state index contributed by atoms with van der Waals surface area (Å²) in [7, 11) is -2.58. The van der Waals surface area contributed by atoms with Crippen LogP contribution in [0.25, 0.3) is 0 Å². The average Bonchev–Trinajstić information content (AvgIpc) is 2.72. The van der Waals surface area contributed by atoms with E-state index >= 15 is 0 Å². The van der Waals surface area contributed by atoms with Gasteiger partial charge < -0.3 is 0 Å². The van der Waals surface area contributed by atoms with E-state index in [1.807, 2.05) is 0 Å². The van der Waals surface area contributed by atoms with Crippen molar-refractivity contribution in [2.24, 2.45) is 7.05 Å². The van der Waals surface area contributed by atoms with E-state index in [0.717, 1.165) is 4.31 Å². The smallest absolute Gasteiger partial charge is 0.271 e. The Morgan fingerprint density at radius 3 is 1.83 bits per heavy atom. The molecule has 0 aromatic carbocycles. The molecule has 0 amide bonds. The molecule has 2 heterocycles. The quantitative estimate of drug-likeness (QED) is 0.692. The van der Waals surface area contributed by atoms with Gasteiger partial charge in [-0.25, -0.2) is 8.42 Å². The molecule has 23 heavy (non-hydrogen) atoms. The molecule has 1 saturated heterocycles. The molecule has 0 saturated carbocycles. The van der Waals surface area contributed by atoms with Crippen LogP contribution in [-0.2, 0) is 27.3 Å². The van der Waals surface area contributed by atoms with E-state index in [4.69, 9.17) is 0 Å². The first-order valence-electron chi connectivity index (χ1n) is 7.17. The maximum absolute atomic E-state index is 12.8. The molecule has 0 radical (unpaired) electrons. The van der Waals surface area contributed by atoms with Crippen LogP contribution in [0.5, 0.6) is 0 Å². The van der Waals surface area contributed by atoms with Crippen LogP contribution in [-0.4, -0.2) is 79.8 Å². The van der Waals surface area contributed by atoms with Crippen molar-refractivity contribution in [3.05, 3.63) is 11.4 Å². The highest BCUT2D eigenvalue weighted by Crippen LogP contribution is 2.24. The van der Waals surface area contributed by atoms with Gasteiger partial charge in [-0.3, -0.25) is 4.68 Å². The summed E-state index contributed by atoms with van der Waals surface area (Å²) in [6.45, 7) is 3.90. The molecule has 0 aliphatic carbocycles. The molecule has 1 aromatic rings. The van der Waals surface area contributed by atoms with Crippen molar-refractivity contribution in [3.63, 3.8) is 0 Å². The Hall–Kier alpha value is -1.01. The Kier molecular flexibility index (Phi) is 4.89. The molecule has 9 nitrogen and oxygen atoms in total. The first-order valence-corrected chi connectivity index (χ1v) is 10.0. The van der Waals surface area contributed by atoms with Crippen LogP contribution < -0.4 is 0 Å². The van der Waals surface area contributed by atoms with Gasteiger partial charge in [0.05, 0.1) is 11.4 Å². The molecule has 11 heteroatoms. The molecule has 132 valence electrons. The Bertz CT molecular complexity index is 790. The number of nitrogens with zero attached hydrogens (tertiary/aromatic N) is 5. The van der Waals surface area contributed by atoms with Crippen LogP contribution in [0.1, 0.15) is 11.4 Å². The molecule has 0 bridgehead atoms. The highest BCUT2D eigenvalue weighted by atomic mass is 32.2. The summed E-state index contributed by atoms with van der Waals surface area (Å²) in [4.78, 5) is 0.212. The zero-order valence-electron chi connectivity index (χ0n) is 14.0. The highest BCUT2D eigenvalue weighted by Gasteiger charge is 2.36. The van der Waals surface area contributed by atoms with E-state index in [9.17, 15) is 16.8 Å². The van der Waals surface area contributed by atoms with Gasteiger partial charge in [-0.1, -0.05) is 0 Å². The number of aryl methyl sites for hydroxylation is 2. The summed E-state index contributed by atoms with van der Waals surface area (Å²) in [5.74, 6) is 0. The minimum absolute atomic E-state index is 0.128. The maximum atomic E-state index is 12.8. The lowest BCUT2D eigenvalue weighted by atomic mass is 10.4. The van der Waals surface area contributed by atoms with Crippen molar-refractivity contribution in [1.82, 2.24) is 22.7 Å². The Labute approximate surface area is 137 Å². The summed E-state index contributed by atoms with van der Waals surface area (Å²) >= 11 is 0. The van der Waals surface area contributed by atoms with Crippen molar-refractivity contribution in [2.45, 2.75) is 18.7 Å². The molecule has 1 aromatic heterocycles. The molecule has 0 atom stereocenters. The number of piperazine rings is 1. The molecular weight excluding hydrogens is 342 g/mol. The van der Waals surface area contributed by atoms with Crippen molar-refractivity contribution in [1.29, 1.82) is 0 Å². The van der Waals surface area contributed by atoms with E-state index in [1.54, 1.807) is 20.9 Å². The maximum Gasteiger partial charge on any atom is 0.281 e. The van der Waals surface area contributed by atoms with Crippen LogP contribution in [0.4, 0.5) is 0 Å². The Morgan fingerprint density at radius 1 is 0.957 bits per heavy atom. The highest BCUT2D eigenvalue weighted by molar-refractivity contribution is 7.89. The lowest BCUT2D eigenvalue weighted by molar-refractivity contribution is 0.262. The van der Waals surface area contributed by atoms with Gasteiger partial charge in [0, 0.05) is 47.3 Å². The lowest BCUT2D eigenvalue weighted by Gasteiger charge is -2.34. The van der Waals surface area contributed by atoms with E-state index < -0.39 is 20.2 Å². The van der Waals surface area contributed by atoms with Gasteiger partial charge in [-0.15, -0.1) is 0 Å². The van der Waals surface area contributed by atoms with Crippen molar-refractivity contribution >= 4 is 20.2 Å². The number of aromatic nitrogens is 2. The molecule has 0 spiro atoms. The number of hydrogen-bond donors (Lipinski definition) is 0. The Balaban J connectivity index is 2.23.